The quantitative estimate of drug-likeness (QED) is 0.803. The van der Waals surface area contributed by atoms with E-state index in [2.05, 4.69) is 32.7 Å². The number of nitrogens with zero attached hydrogens (tertiary/aromatic N) is 2. The molecule has 0 radical (unpaired) electrons. The highest BCUT2D eigenvalue weighted by Crippen LogP contribution is 2.28. The van der Waals surface area contributed by atoms with Crippen LogP contribution in [-0.2, 0) is 12.0 Å². The molecule has 1 aromatic carbocycles. The van der Waals surface area contributed by atoms with Gasteiger partial charge in [0.05, 0.1) is 0 Å². The van der Waals surface area contributed by atoms with Crippen molar-refractivity contribution < 1.29 is 9.18 Å². The number of hydrogen-bond acceptors (Lipinski definition) is 2. The number of aromatic nitrogens is 1. The highest BCUT2D eigenvalue weighted by Gasteiger charge is 2.22. The van der Waals surface area contributed by atoms with E-state index in [1.807, 2.05) is 11.5 Å². The van der Waals surface area contributed by atoms with Crippen LogP contribution in [0.4, 0.5) is 4.39 Å². The van der Waals surface area contributed by atoms with E-state index < -0.39 is 11.7 Å². The molecule has 1 heterocycles. The van der Waals surface area contributed by atoms with Crippen molar-refractivity contribution in [3.63, 3.8) is 0 Å². The summed E-state index contributed by atoms with van der Waals surface area (Å²) in [5.74, 6) is -0.818. The lowest BCUT2D eigenvalue weighted by Crippen LogP contribution is -2.18. The molecule has 0 aliphatic rings. The molecule has 1 aromatic heterocycles. The van der Waals surface area contributed by atoms with Gasteiger partial charge in [-0.25, -0.2) is 4.39 Å². The van der Waals surface area contributed by atoms with Gasteiger partial charge in [-0.15, -0.1) is 11.3 Å². The minimum atomic E-state index is -0.421. The number of halogens is 1. The molecular weight excluding hydrogens is 311 g/mol. The molecule has 0 atom stereocenters. The van der Waals surface area contributed by atoms with E-state index in [9.17, 15) is 9.18 Å². The predicted octanol–water partition coefficient (Wildman–Crippen LogP) is 4.36. The lowest BCUT2D eigenvalue weighted by atomic mass is 9.93. The zero-order valence-corrected chi connectivity index (χ0v) is 15.3. The van der Waals surface area contributed by atoms with Crippen LogP contribution in [0.15, 0.2) is 23.2 Å². The van der Waals surface area contributed by atoms with Gasteiger partial charge in [0.2, 0.25) is 0 Å². The van der Waals surface area contributed by atoms with Crippen molar-refractivity contribution in [2.75, 3.05) is 0 Å². The fourth-order valence-corrected chi connectivity index (χ4v) is 3.86. The Balaban J connectivity index is 2.59. The van der Waals surface area contributed by atoms with E-state index in [-0.39, 0.29) is 5.41 Å². The first-order valence-electron chi connectivity index (χ1n) is 7.71. The van der Waals surface area contributed by atoms with Crippen molar-refractivity contribution in [1.29, 1.82) is 0 Å². The van der Waals surface area contributed by atoms with Gasteiger partial charge in [0, 0.05) is 22.7 Å². The Morgan fingerprint density at radius 1 is 1.30 bits per heavy atom. The molecule has 23 heavy (non-hydrogen) atoms. The average Bonchev–Trinajstić information content (AvgIpc) is 2.77. The standard InChI is InChI=1S/C18H23FN2OS/c1-7-21-12(3)15(18(4,5)6)23-17(21)20-16(22)14-10-13(19)9-8-11(14)2/h8-10H,7H2,1-6H3. The summed E-state index contributed by atoms with van der Waals surface area (Å²) in [7, 11) is 0. The number of amides is 1. The monoisotopic (exact) mass is 334 g/mol. The molecule has 2 aromatic rings. The third-order valence-electron chi connectivity index (χ3n) is 3.78. The molecule has 124 valence electrons. The molecule has 0 fully saturated rings. The second kappa shape index (κ2) is 6.40. The van der Waals surface area contributed by atoms with Crippen molar-refractivity contribution in [2.24, 2.45) is 4.99 Å². The molecular formula is C18H23FN2OS. The number of hydrogen-bond donors (Lipinski definition) is 0. The summed E-state index contributed by atoms with van der Waals surface area (Å²) in [6, 6.07) is 4.21. The van der Waals surface area contributed by atoms with Crippen LogP contribution in [0, 0.1) is 19.7 Å². The van der Waals surface area contributed by atoms with Crippen molar-refractivity contribution in [3.8, 4) is 0 Å². The summed E-state index contributed by atoms with van der Waals surface area (Å²) in [6.45, 7) is 13.1. The van der Waals surface area contributed by atoms with Gasteiger partial charge in [-0.2, -0.15) is 4.99 Å². The zero-order chi connectivity index (χ0) is 17.4. The molecule has 2 rings (SSSR count). The van der Waals surface area contributed by atoms with Crippen LogP contribution in [-0.4, -0.2) is 10.5 Å². The summed E-state index contributed by atoms with van der Waals surface area (Å²) in [6.07, 6.45) is 0. The summed E-state index contributed by atoms with van der Waals surface area (Å²) in [5.41, 5.74) is 2.17. The van der Waals surface area contributed by atoms with Crippen molar-refractivity contribution in [1.82, 2.24) is 4.57 Å². The fourth-order valence-electron chi connectivity index (χ4n) is 2.61. The molecule has 0 saturated heterocycles. The maximum Gasteiger partial charge on any atom is 0.280 e. The summed E-state index contributed by atoms with van der Waals surface area (Å²) < 4.78 is 15.5. The second-order valence-corrected chi connectivity index (χ2v) is 7.65. The SMILES string of the molecule is CCn1c(C)c(C(C)(C)C)sc1=NC(=O)c1cc(F)ccc1C. The van der Waals surface area contributed by atoms with E-state index in [1.54, 1.807) is 13.0 Å². The second-order valence-electron chi connectivity index (χ2n) is 6.67. The van der Waals surface area contributed by atoms with Crippen molar-refractivity contribution >= 4 is 17.2 Å². The first-order chi connectivity index (χ1) is 10.6. The number of benzene rings is 1. The molecule has 0 aliphatic heterocycles. The van der Waals surface area contributed by atoms with E-state index in [0.717, 1.165) is 17.8 Å². The van der Waals surface area contributed by atoms with Crippen LogP contribution >= 0.6 is 11.3 Å². The third kappa shape index (κ3) is 3.61. The van der Waals surface area contributed by atoms with E-state index in [0.29, 0.717) is 10.4 Å². The molecule has 0 unspecified atom stereocenters. The van der Waals surface area contributed by atoms with Crippen LogP contribution in [0.5, 0.6) is 0 Å². The third-order valence-corrected chi connectivity index (χ3v) is 5.39. The molecule has 0 aliphatic carbocycles. The van der Waals surface area contributed by atoms with Crippen molar-refractivity contribution in [3.05, 3.63) is 50.5 Å². The van der Waals surface area contributed by atoms with E-state index in [4.69, 9.17) is 0 Å². The van der Waals surface area contributed by atoms with Gasteiger partial charge in [0.15, 0.2) is 4.80 Å². The van der Waals surface area contributed by atoms with Crippen LogP contribution in [0.1, 0.15) is 54.2 Å². The maximum absolute atomic E-state index is 13.4. The molecule has 1 amide bonds. The Labute approximate surface area is 140 Å². The number of aryl methyl sites for hydroxylation is 1. The summed E-state index contributed by atoms with van der Waals surface area (Å²) in [4.78, 5) is 18.6. The number of rotatable bonds is 2. The maximum atomic E-state index is 13.4. The molecule has 0 saturated carbocycles. The van der Waals surface area contributed by atoms with Gasteiger partial charge in [0.1, 0.15) is 5.82 Å². The Morgan fingerprint density at radius 3 is 2.52 bits per heavy atom. The minimum Gasteiger partial charge on any atom is -0.321 e. The molecule has 5 heteroatoms. The predicted molar refractivity (Wildman–Crippen MR) is 92.5 cm³/mol. The number of carbonyl (C=O) groups excluding carboxylic acids is 1. The highest BCUT2D eigenvalue weighted by molar-refractivity contribution is 7.09. The van der Waals surface area contributed by atoms with Gasteiger partial charge in [-0.1, -0.05) is 26.8 Å². The highest BCUT2D eigenvalue weighted by atomic mass is 32.1. The summed E-state index contributed by atoms with van der Waals surface area (Å²) >= 11 is 1.53. The molecule has 0 N–H and O–H groups in total. The summed E-state index contributed by atoms with van der Waals surface area (Å²) in [5, 5.41) is 0. The Hall–Kier alpha value is -1.75. The van der Waals surface area contributed by atoms with Gasteiger partial charge in [0.25, 0.3) is 5.91 Å². The van der Waals surface area contributed by atoms with Gasteiger partial charge < -0.3 is 4.57 Å². The Bertz CT molecular complexity index is 809. The first kappa shape index (κ1) is 17.6. The van der Waals surface area contributed by atoms with Crippen LogP contribution < -0.4 is 4.80 Å². The van der Waals surface area contributed by atoms with Gasteiger partial charge in [-0.3, -0.25) is 4.79 Å². The molecule has 0 bridgehead atoms. The van der Waals surface area contributed by atoms with E-state index in [1.165, 1.54) is 28.3 Å². The Kier molecular flexibility index (Phi) is 4.90. The number of thiazole rings is 1. The molecule has 3 nitrogen and oxygen atoms in total. The van der Waals surface area contributed by atoms with Crippen LogP contribution in [0.2, 0.25) is 0 Å². The number of carbonyl (C=O) groups is 1. The first-order valence-corrected chi connectivity index (χ1v) is 8.52. The van der Waals surface area contributed by atoms with Crippen molar-refractivity contribution in [2.45, 2.75) is 53.5 Å². The van der Waals surface area contributed by atoms with Crippen LogP contribution in [0.3, 0.4) is 0 Å². The minimum absolute atomic E-state index is 0.00272. The normalized spacial score (nSPS) is 12.7. The van der Waals surface area contributed by atoms with E-state index >= 15 is 0 Å². The topological polar surface area (TPSA) is 34.4 Å². The smallest absolute Gasteiger partial charge is 0.280 e. The van der Waals surface area contributed by atoms with Gasteiger partial charge in [-0.05, 0) is 43.9 Å². The zero-order valence-electron chi connectivity index (χ0n) is 14.5. The molecule has 0 spiro atoms. The Morgan fingerprint density at radius 2 is 1.96 bits per heavy atom. The largest absolute Gasteiger partial charge is 0.321 e. The van der Waals surface area contributed by atoms with Crippen LogP contribution in [0.25, 0.3) is 0 Å². The lowest BCUT2D eigenvalue weighted by molar-refractivity contribution is 0.0996. The van der Waals surface area contributed by atoms with Gasteiger partial charge >= 0.3 is 0 Å². The average molecular weight is 334 g/mol. The fraction of sp³-hybridized carbons (Fsp3) is 0.444. The lowest BCUT2D eigenvalue weighted by Gasteiger charge is -2.17.